The van der Waals surface area contributed by atoms with Gasteiger partial charge in [-0.05, 0) is 75.0 Å². The number of benzene rings is 1. The van der Waals surface area contributed by atoms with Crippen molar-refractivity contribution in [3.05, 3.63) is 52.8 Å². The number of amides is 3. The molecule has 0 saturated carbocycles. The van der Waals surface area contributed by atoms with Crippen molar-refractivity contribution in [2.24, 2.45) is 0 Å². The number of piperazine rings is 1. The first kappa shape index (κ1) is 28.8. The Bertz CT molecular complexity index is 1310. The van der Waals surface area contributed by atoms with Gasteiger partial charge in [0.05, 0.1) is 5.56 Å². The minimum atomic E-state index is -4.58. The monoisotopic (exact) mass is 573 g/mol. The summed E-state index contributed by atoms with van der Waals surface area (Å²) < 4.78 is 40.6. The van der Waals surface area contributed by atoms with Crippen LogP contribution >= 0.6 is 0 Å². The highest BCUT2D eigenvalue weighted by atomic mass is 19.4. The molecule has 0 unspecified atom stereocenters. The van der Waals surface area contributed by atoms with Crippen LogP contribution in [0, 0.1) is 6.92 Å². The number of rotatable bonds is 4. The van der Waals surface area contributed by atoms with Crippen LogP contribution in [0.5, 0.6) is 0 Å². The molecule has 3 aliphatic heterocycles. The zero-order valence-electron chi connectivity index (χ0n) is 23.0. The first-order valence-electron chi connectivity index (χ1n) is 14.0. The molecule has 12 heteroatoms. The fourth-order valence-electron chi connectivity index (χ4n) is 6.02. The normalized spacial score (nSPS) is 19.1. The summed E-state index contributed by atoms with van der Waals surface area (Å²) in [4.78, 5) is 50.1. The number of piperidine rings is 1. The smallest absolute Gasteiger partial charge is 0.416 e. The highest BCUT2D eigenvalue weighted by molar-refractivity contribution is 6.02. The zero-order valence-corrected chi connectivity index (χ0v) is 23.0. The lowest BCUT2D eigenvalue weighted by Gasteiger charge is -2.36. The molecule has 2 aromatic rings. The number of hydrogen-bond acceptors (Lipinski definition) is 5. The summed E-state index contributed by atoms with van der Waals surface area (Å²) in [5.41, 5.74) is -0.0442. The van der Waals surface area contributed by atoms with Crippen LogP contribution in [0.1, 0.15) is 57.8 Å². The van der Waals surface area contributed by atoms with E-state index < -0.39 is 23.7 Å². The number of carboxylic acid groups (broad SMARTS) is 1. The molecular weight excluding hydrogens is 539 g/mol. The van der Waals surface area contributed by atoms with Crippen LogP contribution in [-0.4, -0.2) is 106 Å². The highest BCUT2D eigenvalue weighted by Gasteiger charge is 2.34. The van der Waals surface area contributed by atoms with Gasteiger partial charge in [-0.1, -0.05) is 12.1 Å². The fourth-order valence-corrected chi connectivity index (χ4v) is 6.02. The summed E-state index contributed by atoms with van der Waals surface area (Å²) >= 11 is 0. The van der Waals surface area contributed by atoms with Gasteiger partial charge in [-0.3, -0.25) is 9.59 Å². The molecule has 1 aromatic carbocycles. The number of aromatic nitrogens is 1. The maximum Gasteiger partial charge on any atom is 0.416 e. The molecule has 0 radical (unpaired) electrons. The molecule has 0 spiro atoms. The number of aryl methyl sites for hydroxylation is 1. The zero-order chi connectivity index (χ0) is 29.3. The largest absolute Gasteiger partial charge is 0.465 e. The second kappa shape index (κ2) is 11.7. The second-order valence-electron chi connectivity index (χ2n) is 11.0. The Morgan fingerprint density at radius 3 is 2.02 bits per heavy atom. The summed E-state index contributed by atoms with van der Waals surface area (Å²) in [6, 6.07) is 6.70. The molecule has 3 amide bonds. The van der Waals surface area contributed by atoms with Gasteiger partial charge in [-0.25, -0.2) is 9.78 Å². The number of nitrogens with zero attached hydrogens (tertiary/aromatic N) is 5. The van der Waals surface area contributed by atoms with Crippen molar-refractivity contribution in [2.75, 3.05) is 52.4 Å². The van der Waals surface area contributed by atoms with Gasteiger partial charge in [0.25, 0.3) is 11.8 Å². The van der Waals surface area contributed by atoms with Crippen LogP contribution in [0.2, 0.25) is 0 Å². The van der Waals surface area contributed by atoms with Gasteiger partial charge in [0.2, 0.25) is 0 Å². The summed E-state index contributed by atoms with van der Waals surface area (Å²) in [6.07, 6.45) is -1.56. The Labute approximate surface area is 236 Å². The molecule has 3 saturated heterocycles. The highest BCUT2D eigenvalue weighted by Crippen LogP contribution is 2.34. The molecular formula is C29H34F3N5O4. The molecule has 1 aromatic heterocycles. The quantitative estimate of drug-likeness (QED) is 0.589. The minimum absolute atomic E-state index is 0.101. The number of hydrogen-bond donors (Lipinski definition) is 1. The third kappa shape index (κ3) is 6.17. The maximum atomic E-state index is 13.7. The van der Waals surface area contributed by atoms with E-state index in [1.54, 1.807) is 17.9 Å². The molecule has 5 rings (SSSR count). The number of halogens is 3. The Kier molecular flexibility index (Phi) is 8.21. The van der Waals surface area contributed by atoms with Crippen molar-refractivity contribution >= 4 is 17.9 Å². The lowest BCUT2D eigenvalue weighted by Crippen LogP contribution is -2.50. The van der Waals surface area contributed by atoms with E-state index in [4.69, 9.17) is 0 Å². The molecule has 220 valence electrons. The molecule has 0 bridgehead atoms. The summed E-state index contributed by atoms with van der Waals surface area (Å²) in [6.45, 7) is 5.40. The van der Waals surface area contributed by atoms with E-state index in [1.807, 2.05) is 0 Å². The van der Waals surface area contributed by atoms with E-state index in [-0.39, 0.29) is 54.6 Å². The van der Waals surface area contributed by atoms with Crippen molar-refractivity contribution < 1.29 is 32.7 Å². The van der Waals surface area contributed by atoms with E-state index in [0.29, 0.717) is 24.7 Å². The molecule has 0 aliphatic carbocycles. The Hall–Kier alpha value is -3.67. The standard InChI is InChI=1S/C29H34F3N5O4/c1-19-17-23(20-5-4-6-21(18-20)29(30,31)32)25(27(39)36-13-15-37(16-14-36)28(40)41)33-24(19)26(38)35-11-7-22(8-12-35)34-9-2-3-10-34/h4-6,17-18,22H,2-3,7-16H2,1H3,(H,40,41). The van der Waals surface area contributed by atoms with Crippen molar-refractivity contribution in [3.63, 3.8) is 0 Å². The summed E-state index contributed by atoms with van der Waals surface area (Å²) in [7, 11) is 0. The number of carbonyl (C=O) groups is 3. The number of carbonyl (C=O) groups excluding carboxylic acids is 2. The van der Waals surface area contributed by atoms with Gasteiger partial charge < -0.3 is 24.7 Å². The second-order valence-corrected chi connectivity index (χ2v) is 11.0. The van der Waals surface area contributed by atoms with Crippen LogP contribution in [0.15, 0.2) is 30.3 Å². The predicted octanol–water partition coefficient (Wildman–Crippen LogP) is 4.21. The predicted molar refractivity (Wildman–Crippen MR) is 145 cm³/mol. The van der Waals surface area contributed by atoms with Crippen LogP contribution in [0.4, 0.5) is 18.0 Å². The van der Waals surface area contributed by atoms with Crippen molar-refractivity contribution in [1.29, 1.82) is 0 Å². The molecule has 1 N–H and O–H groups in total. The van der Waals surface area contributed by atoms with Gasteiger partial charge in [-0.2, -0.15) is 13.2 Å². The molecule has 3 fully saturated rings. The average Bonchev–Trinajstić information content (AvgIpc) is 3.51. The maximum absolute atomic E-state index is 13.7. The lowest BCUT2D eigenvalue weighted by molar-refractivity contribution is -0.137. The lowest BCUT2D eigenvalue weighted by atomic mass is 9.97. The Morgan fingerprint density at radius 1 is 0.829 bits per heavy atom. The number of pyridine rings is 1. The van der Waals surface area contributed by atoms with E-state index in [0.717, 1.165) is 38.1 Å². The van der Waals surface area contributed by atoms with Gasteiger partial charge in [0.1, 0.15) is 11.4 Å². The van der Waals surface area contributed by atoms with Crippen molar-refractivity contribution in [3.8, 4) is 11.1 Å². The van der Waals surface area contributed by atoms with Crippen LogP contribution in [0.3, 0.4) is 0 Å². The number of alkyl halides is 3. The Balaban J connectivity index is 1.46. The molecule has 9 nitrogen and oxygen atoms in total. The van der Waals surface area contributed by atoms with Gasteiger partial charge in [0, 0.05) is 50.9 Å². The summed E-state index contributed by atoms with van der Waals surface area (Å²) in [5, 5.41) is 9.27. The molecule has 41 heavy (non-hydrogen) atoms. The van der Waals surface area contributed by atoms with Crippen molar-refractivity contribution in [1.82, 2.24) is 24.6 Å². The topological polar surface area (TPSA) is 97.3 Å². The average molecular weight is 574 g/mol. The van der Waals surface area contributed by atoms with Crippen LogP contribution in [-0.2, 0) is 6.18 Å². The van der Waals surface area contributed by atoms with Gasteiger partial charge in [-0.15, -0.1) is 0 Å². The Morgan fingerprint density at radius 2 is 1.41 bits per heavy atom. The minimum Gasteiger partial charge on any atom is -0.465 e. The van der Waals surface area contributed by atoms with Crippen LogP contribution in [0.25, 0.3) is 11.1 Å². The molecule has 4 heterocycles. The third-order valence-electron chi connectivity index (χ3n) is 8.37. The first-order chi connectivity index (χ1) is 19.5. The molecule has 3 aliphatic rings. The number of likely N-dealkylation sites (tertiary alicyclic amines) is 2. The van der Waals surface area contributed by atoms with Gasteiger partial charge >= 0.3 is 12.3 Å². The van der Waals surface area contributed by atoms with E-state index in [2.05, 4.69) is 9.88 Å². The fraction of sp³-hybridized carbons (Fsp3) is 0.517. The van der Waals surface area contributed by atoms with Gasteiger partial charge in [0.15, 0.2) is 0 Å². The summed E-state index contributed by atoms with van der Waals surface area (Å²) in [5.74, 6) is -0.855. The van der Waals surface area contributed by atoms with Crippen LogP contribution < -0.4 is 0 Å². The first-order valence-corrected chi connectivity index (χ1v) is 14.0. The van der Waals surface area contributed by atoms with Crippen molar-refractivity contribution in [2.45, 2.75) is 44.8 Å². The molecule has 0 atom stereocenters. The SMILES string of the molecule is Cc1cc(-c2cccc(C(F)(F)F)c2)c(C(=O)N2CCN(C(=O)O)CC2)nc1C(=O)N1CCC(N2CCCC2)CC1. The van der Waals surface area contributed by atoms with E-state index >= 15 is 0 Å². The van der Waals surface area contributed by atoms with E-state index in [1.165, 1.54) is 34.8 Å². The van der Waals surface area contributed by atoms with E-state index in [9.17, 15) is 32.7 Å². The third-order valence-corrected chi connectivity index (χ3v) is 8.37.